The molecule has 8 nitrogen and oxygen atoms in total. The van der Waals surface area contributed by atoms with Gasteiger partial charge in [-0.15, -0.1) is 0 Å². The van der Waals surface area contributed by atoms with Gasteiger partial charge in [0.25, 0.3) is 5.91 Å². The van der Waals surface area contributed by atoms with Gasteiger partial charge in [0.05, 0.1) is 6.04 Å². The van der Waals surface area contributed by atoms with Gasteiger partial charge in [0.15, 0.2) is 0 Å². The molecule has 118 valence electrons. The van der Waals surface area contributed by atoms with Crippen LogP contribution in [0.4, 0.5) is 4.79 Å². The van der Waals surface area contributed by atoms with Gasteiger partial charge >= 0.3 is 6.03 Å². The van der Waals surface area contributed by atoms with Crippen LogP contribution in [0.3, 0.4) is 0 Å². The van der Waals surface area contributed by atoms with Crippen LogP contribution in [0.25, 0.3) is 0 Å². The Hall–Kier alpha value is -2.38. The smallest absolute Gasteiger partial charge is 0.322 e. The van der Waals surface area contributed by atoms with E-state index in [1.807, 2.05) is 13.0 Å². The number of aromatic nitrogens is 1. The van der Waals surface area contributed by atoms with E-state index in [1.54, 1.807) is 4.90 Å². The Morgan fingerprint density at radius 3 is 2.95 bits per heavy atom. The second kappa shape index (κ2) is 5.78. The zero-order valence-corrected chi connectivity index (χ0v) is 12.3. The van der Waals surface area contributed by atoms with Crippen molar-refractivity contribution in [2.24, 2.45) is 0 Å². The van der Waals surface area contributed by atoms with Gasteiger partial charge in [-0.2, -0.15) is 0 Å². The number of nitrogens with one attached hydrogen (secondary N) is 2. The van der Waals surface area contributed by atoms with E-state index in [2.05, 4.69) is 15.8 Å². The molecule has 8 heteroatoms. The molecule has 1 aromatic heterocycles. The van der Waals surface area contributed by atoms with Crippen LogP contribution in [0.2, 0.25) is 0 Å². The van der Waals surface area contributed by atoms with Gasteiger partial charge < -0.3 is 14.7 Å². The van der Waals surface area contributed by atoms with E-state index in [-0.39, 0.29) is 24.3 Å². The van der Waals surface area contributed by atoms with E-state index in [9.17, 15) is 14.4 Å². The molecule has 0 aliphatic carbocycles. The Balaban J connectivity index is 1.59. The van der Waals surface area contributed by atoms with Gasteiger partial charge in [-0.25, -0.2) is 4.79 Å². The van der Waals surface area contributed by atoms with Gasteiger partial charge in [0.1, 0.15) is 17.5 Å². The number of urea groups is 1. The molecule has 2 atom stereocenters. The lowest BCUT2D eigenvalue weighted by atomic mass is 10.1. The molecule has 0 bridgehead atoms. The highest BCUT2D eigenvalue weighted by molar-refractivity contribution is 6.04. The minimum Gasteiger partial charge on any atom is -0.361 e. The lowest BCUT2D eigenvalue weighted by Crippen LogP contribution is -2.34. The van der Waals surface area contributed by atoms with Gasteiger partial charge in [-0.1, -0.05) is 5.16 Å². The first-order valence-electron chi connectivity index (χ1n) is 7.38. The van der Waals surface area contributed by atoms with Crippen molar-refractivity contribution in [3.05, 3.63) is 17.5 Å². The zero-order chi connectivity index (χ0) is 15.7. The van der Waals surface area contributed by atoms with Gasteiger partial charge in [0, 0.05) is 19.0 Å². The maximum Gasteiger partial charge on any atom is 0.322 e. The lowest BCUT2D eigenvalue weighted by Gasteiger charge is -2.23. The summed E-state index contributed by atoms with van der Waals surface area (Å²) < 4.78 is 5.08. The molecule has 1 aromatic rings. The Kier molecular flexibility index (Phi) is 3.82. The fraction of sp³-hybridized carbons (Fsp3) is 0.571. The predicted molar refractivity (Wildman–Crippen MR) is 74.6 cm³/mol. The van der Waals surface area contributed by atoms with Crippen molar-refractivity contribution < 1.29 is 18.9 Å². The van der Waals surface area contributed by atoms with Gasteiger partial charge in [-0.3, -0.25) is 14.9 Å². The summed E-state index contributed by atoms with van der Waals surface area (Å²) >= 11 is 0. The summed E-state index contributed by atoms with van der Waals surface area (Å²) in [7, 11) is 0. The number of likely N-dealkylation sites (tertiary alicyclic amines) is 1. The van der Waals surface area contributed by atoms with Gasteiger partial charge in [-0.05, 0) is 26.2 Å². The van der Waals surface area contributed by atoms with Crippen molar-refractivity contribution in [1.82, 2.24) is 20.7 Å². The Morgan fingerprint density at radius 2 is 2.32 bits per heavy atom. The number of carbonyl (C=O) groups excluding carboxylic acids is 3. The number of hydrogen-bond donors (Lipinski definition) is 2. The first kappa shape index (κ1) is 14.6. The van der Waals surface area contributed by atoms with Crippen LogP contribution in [0.5, 0.6) is 0 Å². The fourth-order valence-electron chi connectivity index (χ4n) is 2.99. The molecule has 2 aliphatic heterocycles. The number of imide groups is 1. The molecule has 3 rings (SSSR count). The second-order valence-electron chi connectivity index (χ2n) is 5.66. The van der Waals surface area contributed by atoms with Crippen molar-refractivity contribution >= 4 is 17.8 Å². The van der Waals surface area contributed by atoms with E-state index >= 15 is 0 Å². The summed E-state index contributed by atoms with van der Waals surface area (Å²) in [4.78, 5) is 36.7. The summed E-state index contributed by atoms with van der Waals surface area (Å²) in [6, 6.07) is 0.671. The maximum atomic E-state index is 12.4. The molecule has 4 amide bonds. The molecule has 0 unspecified atom stereocenters. The topological polar surface area (TPSA) is 105 Å². The van der Waals surface area contributed by atoms with Crippen LogP contribution in [0.15, 0.2) is 10.6 Å². The maximum absolute atomic E-state index is 12.4. The van der Waals surface area contributed by atoms with Crippen molar-refractivity contribution in [3.63, 3.8) is 0 Å². The third-order valence-corrected chi connectivity index (χ3v) is 4.07. The molecule has 3 heterocycles. The molecule has 0 aromatic carbocycles. The summed E-state index contributed by atoms with van der Waals surface area (Å²) in [6.45, 7) is 2.50. The molecule has 22 heavy (non-hydrogen) atoms. The summed E-state index contributed by atoms with van der Waals surface area (Å²) in [5.41, 5.74) is 0.773. The Bertz CT molecular complexity index is 612. The highest BCUT2D eigenvalue weighted by atomic mass is 16.5. The molecule has 0 radical (unpaired) electrons. The number of nitrogens with zero attached hydrogens (tertiary/aromatic N) is 2. The zero-order valence-electron chi connectivity index (χ0n) is 12.3. The highest BCUT2D eigenvalue weighted by Gasteiger charge is 2.34. The first-order chi connectivity index (χ1) is 10.5. The number of aryl methyl sites for hydroxylation is 1. The normalized spacial score (nSPS) is 24.5. The minimum atomic E-state index is -0.619. The average molecular weight is 306 g/mol. The second-order valence-corrected chi connectivity index (χ2v) is 5.66. The molecule has 2 N–H and O–H groups in total. The van der Waals surface area contributed by atoms with E-state index in [0.717, 1.165) is 24.3 Å². The van der Waals surface area contributed by atoms with Crippen molar-refractivity contribution in [3.8, 4) is 0 Å². The van der Waals surface area contributed by atoms with E-state index in [0.29, 0.717) is 13.0 Å². The standard InChI is InChI=1S/C14H18N4O4/c1-8-7-10(17-22-8)11-3-2-6-18(11)12(19)5-4-9-13(20)16-14(21)15-9/h7,9,11H,2-6H2,1H3,(H2,15,16,20,21)/t9-,11-/m0/s1. The Morgan fingerprint density at radius 1 is 1.50 bits per heavy atom. The molecule has 2 fully saturated rings. The number of hydrogen-bond acceptors (Lipinski definition) is 5. The average Bonchev–Trinajstić information content (AvgIpc) is 3.16. The monoisotopic (exact) mass is 306 g/mol. The van der Waals surface area contributed by atoms with E-state index in [4.69, 9.17) is 4.52 Å². The third-order valence-electron chi connectivity index (χ3n) is 4.07. The minimum absolute atomic E-state index is 0.0305. The van der Waals surface area contributed by atoms with Crippen molar-refractivity contribution in [2.45, 2.75) is 44.7 Å². The molecule has 0 saturated carbocycles. The third kappa shape index (κ3) is 2.81. The van der Waals surface area contributed by atoms with Crippen LogP contribution >= 0.6 is 0 Å². The van der Waals surface area contributed by atoms with Crippen LogP contribution in [-0.4, -0.2) is 40.5 Å². The largest absolute Gasteiger partial charge is 0.361 e. The number of rotatable bonds is 4. The quantitative estimate of drug-likeness (QED) is 0.794. The van der Waals surface area contributed by atoms with E-state index in [1.165, 1.54) is 0 Å². The Labute approximate surface area is 127 Å². The van der Waals surface area contributed by atoms with Gasteiger partial charge in [0.2, 0.25) is 5.91 Å². The molecule has 2 aliphatic rings. The highest BCUT2D eigenvalue weighted by Crippen LogP contribution is 2.32. The predicted octanol–water partition coefficient (Wildman–Crippen LogP) is 0.635. The van der Waals surface area contributed by atoms with E-state index < -0.39 is 12.1 Å². The molecule has 0 spiro atoms. The summed E-state index contributed by atoms with van der Waals surface area (Å²) in [5, 5.41) is 8.66. The number of amides is 4. The van der Waals surface area contributed by atoms with Crippen LogP contribution in [-0.2, 0) is 9.59 Å². The fourth-order valence-corrected chi connectivity index (χ4v) is 2.99. The van der Waals surface area contributed by atoms with Crippen molar-refractivity contribution in [1.29, 1.82) is 0 Å². The first-order valence-corrected chi connectivity index (χ1v) is 7.38. The van der Waals surface area contributed by atoms with Crippen LogP contribution in [0.1, 0.15) is 43.2 Å². The molecular formula is C14H18N4O4. The lowest BCUT2D eigenvalue weighted by molar-refractivity contribution is -0.132. The number of carbonyl (C=O) groups is 3. The summed E-state index contributed by atoms with van der Waals surface area (Å²) in [6.07, 6.45) is 2.30. The summed E-state index contributed by atoms with van der Waals surface area (Å²) in [5.74, 6) is 0.319. The van der Waals surface area contributed by atoms with Crippen LogP contribution < -0.4 is 10.6 Å². The molecular weight excluding hydrogens is 288 g/mol. The van der Waals surface area contributed by atoms with Crippen molar-refractivity contribution in [2.75, 3.05) is 6.54 Å². The SMILES string of the molecule is Cc1cc([C@@H]2CCCN2C(=O)CC[C@@H]2NC(=O)NC2=O)no1. The van der Waals surface area contributed by atoms with Crippen LogP contribution in [0, 0.1) is 6.92 Å². The molecule has 2 saturated heterocycles.